The average Bonchev–Trinajstić information content (AvgIpc) is 2.38. The van der Waals surface area contributed by atoms with Gasteiger partial charge in [0.25, 0.3) is 0 Å². The second-order valence-corrected chi connectivity index (χ2v) is 4.91. The van der Waals surface area contributed by atoms with Crippen LogP contribution in [0.2, 0.25) is 0 Å². The lowest BCUT2D eigenvalue weighted by molar-refractivity contribution is 0.0348. The van der Waals surface area contributed by atoms with Gasteiger partial charge in [-0.2, -0.15) is 15.0 Å². The Kier molecular flexibility index (Phi) is 4.04. The lowest BCUT2D eigenvalue weighted by Crippen LogP contribution is -2.43. The number of ether oxygens (including phenoxy) is 1. The molecule has 2 rings (SSSR count). The van der Waals surface area contributed by atoms with Crippen molar-refractivity contribution in [3.05, 3.63) is 0 Å². The Bertz CT molecular complexity index is 428. The minimum absolute atomic E-state index is 0.328. The first-order valence-corrected chi connectivity index (χ1v) is 6.58. The average molecular weight is 267 g/mol. The summed E-state index contributed by atoms with van der Waals surface area (Å²) < 4.78 is 5.34. The van der Waals surface area contributed by atoms with Crippen LogP contribution >= 0.6 is 0 Å². The largest absolute Gasteiger partial charge is 0.464 e. The Morgan fingerprint density at radius 3 is 2.58 bits per heavy atom. The Morgan fingerprint density at radius 2 is 2.00 bits per heavy atom. The molecule has 0 aromatic carbocycles. The zero-order valence-electron chi connectivity index (χ0n) is 11.7. The van der Waals surface area contributed by atoms with Gasteiger partial charge < -0.3 is 20.1 Å². The number of rotatable bonds is 4. The zero-order valence-corrected chi connectivity index (χ0v) is 11.7. The Hall–Kier alpha value is -1.63. The molecule has 2 N–H and O–H groups in total. The van der Waals surface area contributed by atoms with Gasteiger partial charge in [0.2, 0.25) is 11.9 Å². The number of aromatic nitrogens is 3. The summed E-state index contributed by atoms with van der Waals surface area (Å²) in [7, 11) is 1.76. The quantitative estimate of drug-likeness (QED) is 0.829. The van der Waals surface area contributed by atoms with Crippen LogP contribution in [0.5, 0.6) is 6.01 Å². The summed E-state index contributed by atoms with van der Waals surface area (Å²) in [5.41, 5.74) is -0.585. The molecule has 7 heteroatoms. The molecule has 0 bridgehead atoms. The fourth-order valence-electron chi connectivity index (χ4n) is 1.98. The first kappa shape index (κ1) is 13.8. The van der Waals surface area contributed by atoms with Gasteiger partial charge in [-0.3, -0.25) is 0 Å². The van der Waals surface area contributed by atoms with Crippen LogP contribution in [-0.2, 0) is 0 Å². The molecule has 0 radical (unpaired) electrons. The number of nitrogens with one attached hydrogen (secondary N) is 1. The second-order valence-electron chi connectivity index (χ2n) is 4.91. The Morgan fingerprint density at radius 1 is 1.32 bits per heavy atom. The van der Waals surface area contributed by atoms with E-state index in [1.165, 1.54) is 0 Å². The maximum Gasteiger partial charge on any atom is 0.323 e. The molecule has 2 heterocycles. The Balaban J connectivity index is 2.17. The van der Waals surface area contributed by atoms with Crippen LogP contribution in [0, 0.1) is 0 Å². The third-order valence-corrected chi connectivity index (χ3v) is 3.22. The predicted octanol–water partition coefficient (Wildman–Crippen LogP) is 0.663. The highest BCUT2D eigenvalue weighted by Crippen LogP contribution is 2.24. The van der Waals surface area contributed by atoms with Gasteiger partial charge in [0.05, 0.1) is 12.2 Å². The summed E-state index contributed by atoms with van der Waals surface area (Å²) in [6, 6.07) is 0.328. The van der Waals surface area contributed by atoms with Crippen molar-refractivity contribution in [3.8, 4) is 6.01 Å². The third kappa shape index (κ3) is 3.44. The van der Waals surface area contributed by atoms with Gasteiger partial charge in [-0.05, 0) is 26.7 Å². The van der Waals surface area contributed by atoms with Crippen molar-refractivity contribution in [1.82, 2.24) is 15.0 Å². The van der Waals surface area contributed by atoms with Crippen molar-refractivity contribution < 1.29 is 9.84 Å². The van der Waals surface area contributed by atoms with Crippen molar-refractivity contribution in [1.29, 1.82) is 0 Å². The van der Waals surface area contributed by atoms with Gasteiger partial charge in [0, 0.05) is 20.1 Å². The molecule has 19 heavy (non-hydrogen) atoms. The van der Waals surface area contributed by atoms with Crippen molar-refractivity contribution in [2.24, 2.45) is 0 Å². The van der Waals surface area contributed by atoms with Crippen LogP contribution in [-0.4, -0.2) is 52.4 Å². The third-order valence-electron chi connectivity index (χ3n) is 3.22. The molecule has 1 saturated heterocycles. The van der Waals surface area contributed by atoms with Crippen molar-refractivity contribution in [2.75, 3.05) is 37.0 Å². The first-order chi connectivity index (χ1) is 9.04. The summed E-state index contributed by atoms with van der Waals surface area (Å²) in [5.74, 6) is 1.09. The van der Waals surface area contributed by atoms with Gasteiger partial charge in [0.1, 0.15) is 0 Å². The maximum absolute atomic E-state index is 9.96. The minimum atomic E-state index is -0.585. The van der Waals surface area contributed by atoms with Crippen LogP contribution in [0.15, 0.2) is 0 Å². The molecular formula is C12H21N5O2. The summed E-state index contributed by atoms with van der Waals surface area (Å²) >= 11 is 0. The topological polar surface area (TPSA) is 83.4 Å². The van der Waals surface area contributed by atoms with E-state index in [4.69, 9.17) is 4.74 Å². The molecule has 0 saturated carbocycles. The van der Waals surface area contributed by atoms with Crippen LogP contribution in [0.25, 0.3) is 0 Å². The molecule has 0 atom stereocenters. The predicted molar refractivity (Wildman–Crippen MR) is 72.6 cm³/mol. The van der Waals surface area contributed by atoms with E-state index in [9.17, 15) is 5.11 Å². The molecule has 0 unspecified atom stereocenters. The zero-order chi connectivity index (χ0) is 13.9. The van der Waals surface area contributed by atoms with E-state index in [1.807, 2.05) is 18.7 Å². The minimum Gasteiger partial charge on any atom is -0.464 e. The van der Waals surface area contributed by atoms with Gasteiger partial charge in [-0.1, -0.05) is 0 Å². The molecular weight excluding hydrogens is 246 g/mol. The molecule has 1 aliphatic rings. The molecule has 7 nitrogen and oxygen atoms in total. The van der Waals surface area contributed by atoms with Gasteiger partial charge in [-0.25, -0.2) is 0 Å². The van der Waals surface area contributed by atoms with E-state index >= 15 is 0 Å². The van der Waals surface area contributed by atoms with Gasteiger partial charge in [-0.15, -0.1) is 0 Å². The summed E-state index contributed by atoms with van der Waals surface area (Å²) in [5, 5.41) is 12.9. The molecule has 1 aliphatic heterocycles. The molecule has 0 aliphatic carbocycles. The summed E-state index contributed by atoms with van der Waals surface area (Å²) in [4.78, 5) is 14.8. The van der Waals surface area contributed by atoms with Crippen LogP contribution in [0.1, 0.15) is 26.7 Å². The number of hydrogen-bond donors (Lipinski definition) is 2. The maximum atomic E-state index is 9.96. The molecule has 0 spiro atoms. The van der Waals surface area contributed by atoms with E-state index in [0.29, 0.717) is 37.4 Å². The fourth-order valence-corrected chi connectivity index (χ4v) is 1.98. The number of piperidine rings is 1. The number of nitrogens with zero attached hydrogens (tertiary/aromatic N) is 4. The van der Waals surface area contributed by atoms with E-state index in [0.717, 1.165) is 13.1 Å². The van der Waals surface area contributed by atoms with Crippen molar-refractivity contribution in [3.63, 3.8) is 0 Å². The number of aliphatic hydroxyl groups is 1. The van der Waals surface area contributed by atoms with Crippen LogP contribution < -0.4 is 15.0 Å². The monoisotopic (exact) mass is 267 g/mol. The SMILES string of the molecule is CCOc1nc(NC)nc(N2CCC(C)(O)CC2)n1. The van der Waals surface area contributed by atoms with E-state index < -0.39 is 5.60 Å². The van der Waals surface area contributed by atoms with Crippen molar-refractivity contribution >= 4 is 11.9 Å². The highest BCUT2D eigenvalue weighted by Gasteiger charge is 2.28. The molecule has 1 aromatic rings. The number of anilines is 2. The van der Waals surface area contributed by atoms with Gasteiger partial charge in [0.15, 0.2) is 0 Å². The highest BCUT2D eigenvalue weighted by molar-refractivity contribution is 5.38. The first-order valence-electron chi connectivity index (χ1n) is 6.58. The molecule has 0 amide bonds. The molecule has 106 valence electrons. The van der Waals surface area contributed by atoms with Crippen LogP contribution in [0.4, 0.5) is 11.9 Å². The van der Waals surface area contributed by atoms with E-state index in [2.05, 4.69) is 20.3 Å². The lowest BCUT2D eigenvalue weighted by Gasteiger charge is -2.35. The highest BCUT2D eigenvalue weighted by atomic mass is 16.5. The lowest BCUT2D eigenvalue weighted by atomic mass is 9.94. The second kappa shape index (κ2) is 5.56. The van der Waals surface area contributed by atoms with Gasteiger partial charge >= 0.3 is 6.01 Å². The van der Waals surface area contributed by atoms with Crippen molar-refractivity contribution in [2.45, 2.75) is 32.3 Å². The molecule has 1 aromatic heterocycles. The summed E-state index contributed by atoms with van der Waals surface area (Å²) in [6.07, 6.45) is 1.41. The number of hydrogen-bond acceptors (Lipinski definition) is 7. The van der Waals surface area contributed by atoms with Crippen LogP contribution in [0.3, 0.4) is 0 Å². The molecule has 1 fully saturated rings. The summed E-state index contributed by atoms with van der Waals surface area (Å²) in [6.45, 7) is 5.72. The Labute approximate surface area is 113 Å². The van der Waals surface area contributed by atoms with E-state index in [1.54, 1.807) is 7.05 Å². The van der Waals surface area contributed by atoms with E-state index in [-0.39, 0.29) is 0 Å². The smallest absolute Gasteiger partial charge is 0.323 e. The fraction of sp³-hybridized carbons (Fsp3) is 0.750. The standard InChI is InChI=1S/C12H21N5O2/c1-4-19-11-15-9(13-3)14-10(16-11)17-7-5-12(2,18)6-8-17/h18H,4-8H2,1-3H3,(H,13,14,15,16). The normalized spacial score (nSPS) is 18.2.